The molecule has 0 aliphatic rings. The van der Waals surface area contributed by atoms with Crippen molar-refractivity contribution in [2.45, 2.75) is 6.54 Å². The van der Waals surface area contributed by atoms with Gasteiger partial charge < -0.3 is 4.74 Å². The molecule has 0 spiro atoms. The van der Waals surface area contributed by atoms with Gasteiger partial charge in [-0.25, -0.2) is 4.98 Å². The van der Waals surface area contributed by atoms with Crippen LogP contribution in [0.3, 0.4) is 0 Å². The van der Waals surface area contributed by atoms with Crippen LogP contribution in [0.25, 0.3) is 0 Å². The van der Waals surface area contributed by atoms with E-state index in [9.17, 15) is 4.79 Å². The summed E-state index contributed by atoms with van der Waals surface area (Å²) in [6.45, 7) is 0.212. The summed E-state index contributed by atoms with van der Waals surface area (Å²) in [5.74, 6) is -0.0149. The van der Waals surface area contributed by atoms with Gasteiger partial charge in [0.1, 0.15) is 0 Å². The predicted octanol–water partition coefficient (Wildman–Crippen LogP) is 2.48. The molecule has 0 saturated carbocycles. The molecule has 1 aromatic heterocycles. The minimum Gasteiger partial charge on any atom is -0.489 e. The second-order valence-electron chi connectivity index (χ2n) is 3.92. The van der Waals surface area contributed by atoms with Crippen LogP contribution in [0, 0.1) is 11.3 Å². The molecule has 102 valence electrons. The minimum absolute atomic E-state index is 0.0136. The zero-order chi connectivity index (χ0) is 14.7. The van der Waals surface area contributed by atoms with Crippen LogP contribution in [0.4, 0.5) is 0 Å². The molecule has 7 heteroatoms. The number of aromatic nitrogens is 2. The quantitative estimate of drug-likeness (QED) is 0.817. The van der Waals surface area contributed by atoms with Crippen LogP contribution in [0.1, 0.15) is 11.1 Å². The van der Waals surface area contributed by atoms with E-state index < -0.39 is 5.56 Å². The standard InChI is InChI=1S/C13H9Cl2N3O2/c1-20-11-12(15)17-7-18(13(11)19)6-9-3-2-8(5-16)4-10(9)14/h2-4,7H,6H2,1H3. The summed E-state index contributed by atoms with van der Waals surface area (Å²) in [4.78, 5) is 16.0. The zero-order valence-electron chi connectivity index (χ0n) is 10.4. The summed E-state index contributed by atoms with van der Waals surface area (Å²) in [6.07, 6.45) is 1.32. The van der Waals surface area contributed by atoms with E-state index >= 15 is 0 Å². The van der Waals surface area contributed by atoms with Gasteiger partial charge in [0.15, 0.2) is 5.15 Å². The van der Waals surface area contributed by atoms with Gasteiger partial charge in [-0.05, 0) is 17.7 Å². The Morgan fingerprint density at radius 2 is 2.20 bits per heavy atom. The van der Waals surface area contributed by atoms with Gasteiger partial charge in [-0.15, -0.1) is 0 Å². The summed E-state index contributed by atoms with van der Waals surface area (Å²) in [5, 5.41) is 9.20. The molecule has 0 atom stereocenters. The molecule has 1 aromatic carbocycles. The number of hydrogen-bond acceptors (Lipinski definition) is 4. The number of halogens is 2. The molecular weight excluding hydrogens is 301 g/mol. The maximum atomic E-state index is 12.1. The third kappa shape index (κ3) is 2.77. The third-order valence-corrected chi connectivity index (χ3v) is 3.30. The van der Waals surface area contributed by atoms with Crippen LogP contribution in [0.2, 0.25) is 10.2 Å². The molecule has 0 aliphatic heterocycles. The number of nitriles is 1. The molecule has 1 heterocycles. The highest BCUT2D eigenvalue weighted by atomic mass is 35.5. The number of nitrogens with zero attached hydrogens (tertiary/aromatic N) is 3. The SMILES string of the molecule is COc1c(Cl)ncn(Cc2ccc(C#N)cc2Cl)c1=O. The lowest BCUT2D eigenvalue weighted by Gasteiger charge is -2.09. The molecule has 20 heavy (non-hydrogen) atoms. The van der Waals surface area contributed by atoms with Crippen molar-refractivity contribution >= 4 is 23.2 Å². The van der Waals surface area contributed by atoms with Crippen molar-refractivity contribution in [2.24, 2.45) is 0 Å². The van der Waals surface area contributed by atoms with Crippen LogP contribution in [-0.2, 0) is 6.54 Å². The van der Waals surface area contributed by atoms with Gasteiger partial charge in [-0.1, -0.05) is 29.3 Å². The van der Waals surface area contributed by atoms with Crippen LogP contribution in [-0.4, -0.2) is 16.7 Å². The van der Waals surface area contributed by atoms with E-state index in [0.29, 0.717) is 16.1 Å². The van der Waals surface area contributed by atoms with Crippen molar-refractivity contribution < 1.29 is 4.74 Å². The molecule has 0 N–H and O–H groups in total. The lowest BCUT2D eigenvalue weighted by Crippen LogP contribution is -2.22. The van der Waals surface area contributed by atoms with E-state index in [1.54, 1.807) is 18.2 Å². The van der Waals surface area contributed by atoms with Crippen LogP contribution < -0.4 is 10.3 Å². The maximum absolute atomic E-state index is 12.1. The average molecular weight is 310 g/mol. The first-order valence-electron chi connectivity index (χ1n) is 5.54. The van der Waals surface area contributed by atoms with Crippen molar-refractivity contribution in [1.29, 1.82) is 5.26 Å². The first-order valence-corrected chi connectivity index (χ1v) is 6.30. The molecule has 2 rings (SSSR count). The molecule has 0 saturated heterocycles. The van der Waals surface area contributed by atoms with Gasteiger partial charge in [0.05, 0.1) is 31.6 Å². The highest BCUT2D eigenvalue weighted by Crippen LogP contribution is 2.19. The smallest absolute Gasteiger partial charge is 0.297 e. The van der Waals surface area contributed by atoms with Crippen molar-refractivity contribution in [1.82, 2.24) is 9.55 Å². The molecule has 0 unspecified atom stereocenters. The van der Waals surface area contributed by atoms with Crippen molar-refractivity contribution in [3.8, 4) is 11.8 Å². The molecule has 0 radical (unpaired) electrons. The fraction of sp³-hybridized carbons (Fsp3) is 0.154. The second-order valence-corrected chi connectivity index (χ2v) is 4.68. The van der Waals surface area contributed by atoms with Gasteiger partial charge >= 0.3 is 0 Å². The van der Waals surface area contributed by atoms with Gasteiger partial charge in [0.2, 0.25) is 5.75 Å². The number of hydrogen-bond donors (Lipinski definition) is 0. The van der Waals surface area contributed by atoms with Crippen LogP contribution in [0.5, 0.6) is 5.75 Å². The van der Waals surface area contributed by atoms with Crippen LogP contribution >= 0.6 is 23.2 Å². The fourth-order valence-electron chi connectivity index (χ4n) is 1.66. The summed E-state index contributed by atoms with van der Waals surface area (Å²) in [6, 6.07) is 6.86. The molecule has 2 aromatic rings. The number of benzene rings is 1. The van der Waals surface area contributed by atoms with Gasteiger partial charge in [0.25, 0.3) is 5.56 Å². The van der Waals surface area contributed by atoms with E-state index in [-0.39, 0.29) is 17.4 Å². The lowest BCUT2D eigenvalue weighted by molar-refractivity contribution is 0.401. The molecule has 0 aliphatic carbocycles. The maximum Gasteiger partial charge on any atom is 0.297 e. The van der Waals surface area contributed by atoms with Crippen LogP contribution in [0.15, 0.2) is 29.3 Å². The van der Waals surface area contributed by atoms with E-state index in [0.717, 1.165) is 0 Å². The van der Waals surface area contributed by atoms with E-state index in [4.69, 9.17) is 33.2 Å². The Bertz CT molecular complexity index is 750. The van der Waals surface area contributed by atoms with Gasteiger partial charge in [0, 0.05) is 5.02 Å². The highest BCUT2D eigenvalue weighted by Gasteiger charge is 2.11. The van der Waals surface area contributed by atoms with E-state index in [1.807, 2.05) is 6.07 Å². The third-order valence-electron chi connectivity index (χ3n) is 2.68. The second kappa shape index (κ2) is 5.95. The normalized spacial score (nSPS) is 10.1. The lowest BCUT2D eigenvalue weighted by atomic mass is 10.1. The summed E-state index contributed by atoms with van der Waals surface area (Å²) in [5.41, 5.74) is 0.754. The number of methoxy groups -OCH3 is 1. The number of ether oxygens (including phenoxy) is 1. The summed E-state index contributed by atoms with van der Waals surface area (Å²) >= 11 is 11.8. The number of rotatable bonds is 3. The molecule has 5 nitrogen and oxygen atoms in total. The van der Waals surface area contributed by atoms with E-state index in [2.05, 4.69) is 4.98 Å². The Kier molecular flexibility index (Phi) is 4.28. The topological polar surface area (TPSA) is 67.9 Å². The van der Waals surface area contributed by atoms with Gasteiger partial charge in [-0.3, -0.25) is 9.36 Å². The van der Waals surface area contributed by atoms with E-state index in [1.165, 1.54) is 18.0 Å². The molecular formula is C13H9Cl2N3O2. The molecule has 0 fully saturated rings. The Morgan fingerprint density at radius 3 is 2.80 bits per heavy atom. The van der Waals surface area contributed by atoms with Crippen molar-refractivity contribution in [3.63, 3.8) is 0 Å². The zero-order valence-corrected chi connectivity index (χ0v) is 11.9. The highest BCUT2D eigenvalue weighted by molar-refractivity contribution is 6.31. The summed E-state index contributed by atoms with van der Waals surface area (Å²) < 4.78 is 6.25. The first kappa shape index (κ1) is 14.4. The predicted molar refractivity (Wildman–Crippen MR) is 75.3 cm³/mol. The minimum atomic E-state index is -0.395. The van der Waals surface area contributed by atoms with Crippen molar-refractivity contribution in [3.05, 3.63) is 56.2 Å². The van der Waals surface area contributed by atoms with Gasteiger partial charge in [-0.2, -0.15) is 5.26 Å². The Hall–Kier alpha value is -2.03. The molecule has 0 bridgehead atoms. The molecule has 0 amide bonds. The Morgan fingerprint density at radius 1 is 1.45 bits per heavy atom. The first-order chi connectivity index (χ1) is 9.56. The van der Waals surface area contributed by atoms with Crippen molar-refractivity contribution in [2.75, 3.05) is 7.11 Å². The fourth-order valence-corrected chi connectivity index (χ4v) is 2.10. The Labute approximate surface area is 125 Å². The Balaban J connectivity index is 2.41. The monoisotopic (exact) mass is 309 g/mol. The largest absolute Gasteiger partial charge is 0.489 e. The summed E-state index contributed by atoms with van der Waals surface area (Å²) in [7, 11) is 1.35. The average Bonchev–Trinajstić information content (AvgIpc) is 2.44.